The Morgan fingerprint density at radius 3 is 2.60 bits per heavy atom. The van der Waals surface area contributed by atoms with Crippen molar-refractivity contribution in [2.45, 2.75) is 12.3 Å². The second kappa shape index (κ2) is 5.55. The van der Waals surface area contributed by atoms with Crippen molar-refractivity contribution in [1.82, 2.24) is 0 Å². The van der Waals surface area contributed by atoms with Gasteiger partial charge in [0, 0.05) is 10.9 Å². The molecule has 1 aliphatic rings. The Hall–Kier alpha value is -2.00. The van der Waals surface area contributed by atoms with Crippen LogP contribution in [0.2, 0.25) is 5.02 Å². The third-order valence-electron chi connectivity index (χ3n) is 3.36. The molecule has 0 N–H and O–H groups in total. The minimum atomic E-state index is -0.187. The van der Waals surface area contributed by atoms with Crippen molar-refractivity contribution in [3.8, 4) is 11.5 Å². The van der Waals surface area contributed by atoms with Gasteiger partial charge in [0.1, 0.15) is 6.29 Å². The van der Waals surface area contributed by atoms with E-state index < -0.39 is 0 Å². The fourth-order valence-electron chi connectivity index (χ4n) is 2.28. The highest BCUT2D eigenvalue weighted by Crippen LogP contribution is 2.33. The summed E-state index contributed by atoms with van der Waals surface area (Å²) in [5.74, 6) is 1.30. The molecule has 0 aromatic heterocycles. The maximum Gasteiger partial charge on any atom is 0.231 e. The summed E-state index contributed by atoms with van der Waals surface area (Å²) in [5.41, 5.74) is 2.00. The summed E-state index contributed by atoms with van der Waals surface area (Å²) in [4.78, 5) is 11.3. The van der Waals surface area contributed by atoms with Gasteiger partial charge in [-0.05, 0) is 41.8 Å². The number of benzene rings is 2. The standard InChI is InChI=1S/C16H13ClO3/c17-14-4-2-12(3-5-14)13(9-18)7-11-1-6-15-16(8-11)20-10-19-15/h1-6,8-9,13H,7,10H2. The van der Waals surface area contributed by atoms with Crippen LogP contribution in [0.5, 0.6) is 11.5 Å². The molecule has 0 aliphatic carbocycles. The van der Waals surface area contributed by atoms with Gasteiger partial charge in [-0.3, -0.25) is 0 Å². The van der Waals surface area contributed by atoms with Gasteiger partial charge in [-0.25, -0.2) is 0 Å². The summed E-state index contributed by atoms with van der Waals surface area (Å²) < 4.78 is 10.6. The van der Waals surface area contributed by atoms with E-state index in [9.17, 15) is 4.79 Å². The Labute approximate surface area is 122 Å². The topological polar surface area (TPSA) is 35.5 Å². The third kappa shape index (κ3) is 2.63. The molecule has 1 heterocycles. The number of hydrogen-bond donors (Lipinski definition) is 0. The van der Waals surface area contributed by atoms with Crippen molar-refractivity contribution < 1.29 is 14.3 Å². The molecule has 102 valence electrons. The molecule has 20 heavy (non-hydrogen) atoms. The zero-order chi connectivity index (χ0) is 13.9. The second-order valence-electron chi connectivity index (χ2n) is 4.69. The van der Waals surface area contributed by atoms with E-state index in [-0.39, 0.29) is 12.7 Å². The lowest BCUT2D eigenvalue weighted by molar-refractivity contribution is -0.109. The fourth-order valence-corrected chi connectivity index (χ4v) is 2.40. The van der Waals surface area contributed by atoms with E-state index in [0.29, 0.717) is 11.4 Å². The molecule has 0 bridgehead atoms. The first kappa shape index (κ1) is 13.0. The number of fused-ring (bicyclic) bond motifs is 1. The average molecular weight is 289 g/mol. The van der Waals surface area contributed by atoms with Gasteiger partial charge < -0.3 is 14.3 Å². The van der Waals surface area contributed by atoms with Crippen LogP contribution < -0.4 is 9.47 Å². The molecule has 4 heteroatoms. The fraction of sp³-hybridized carbons (Fsp3) is 0.188. The summed E-state index contributed by atoms with van der Waals surface area (Å²) in [7, 11) is 0. The lowest BCUT2D eigenvalue weighted by atomic mass is 9.93. The van der Waals surface area contributed by atoms with Crippen LogP contribution in [0.25, 0.3) is 0 Å². The van der Waals surface area contributed by atoms with Crippen LogP contribution in [-0.4, -0.2) is 13.1 Å². The molecular formula is C16H13ClO3. The maximum atomic E-state index is 11.3. The van der Waals surface area contributed by atoms with E-state index in [1.165, 1.54) is 0 Å². The van der Waals surface area contributed by atoms with E-state index in [0.717, 1.165) is 28.9 Å². The molecular weight excluding hydrogens is 276 g/mol. The van der Waals surface area contributed by atoms with Gasteiger partial charge in [-0.15, -0.1) is 0 Å². The highest BCUT2D eigenvalue weighted by atomic mass is 35.5. The number of carbonyl (C=O) groups is 1. The number of carbonyl (C=O) groups excluding carboxylic acids is 1. The van der Waals surface area contributed by atoms with Crippen LogP contribution in [0.1, 0.15) is 17.0 Å². The van der Waals surface area contributed by atoms with Crippen LogP contribution in [0.3, 0.4) is 0 Å². The van der Waals surface area contributed by atoms with Crippen LogP contribution in [0.4, 0.5) is 0 Å². The highest BCUT2D eigenvalue weighted by molar-refractivity contribution is 6.30. The normalized spacial score (nSPS) is 14.1. The zero-order valence-electron chi connectivity index (χ0n) is 10.7. The first-order valence-corrected chi connectivity index (χ1v) is 6.73. The lowest BCUT2D eigenvalue weighted by Gasteiger charge is -2.11. The Morgan fingerprint density at radius 2 is 1.85 bits per heavy atom. The van der Waals surface area contributed by atoms with Gasteiger partial charge in [0.05, 0.1) is 0 Å². The first-order valence-electron chi connectivity index (χ1n) is 6.35. The second-order valence-corrected chi connectivity index (χ2v) is 5.12. The third-order valence-corrected chi connectivity index (χ3v) is 3.61. The molecule has 1 atom stereocenters. The van der Waals surface area contributed by atoms with E-state index >= 15 is 0 Å². The SMILES string of the molecule is O=CC(Cc1ccc2c(c1)OCO2)c1ccc(Cl)cc1. The van der Waals surface area contributed by atoms with E-state index in [1.807, 2.05) is 30.3 Å². The molecule has 2 aromatic carbocycles. The summed E-state index contributed by atoms with van der Waals surface area (Å²) in [6.07, 6.45) is 1.59. The van der Waals surface area contributed by atoms with Crippen LogP contribution >= 0.6 is 11.6 Å². The van der Waals surface area contributed by atoms with Crippen molar-refractivity contribution in [1.29, 1.82) is 0 Å². The predicted molar refractivity (Wildman–Crippen MR) is 76.5 cm³/mol. The van der Waals surface area contributed by atoms with Crippen molar-refractivity contribution in [3.05, 3.63) is 58.6 Å². The average Bonchev–Trinajstić information content (AvgIpc) is 2.93. The van der Waals surface area contributed by atoms with Crippen LogP contribution in [-0.2, 0) is 11.2 Å². The molecule has 0 radical (unpaired) electrons. The van der Waals surface area contributed by atoms with Gasteiger partial charge in [-0.1, -0.05) is 29.8 Å². The molecule has 0 spiro atoms. The minimum Gasteiger partial charge on any atom is -0.454 e. The molecule has 1 unspecified atom stereocenters. The molecule has 2 aromatic rings. The minimum absolute atomic E-state index is 0.187. The number of rotatable bonds is 4. The van der Waals surface area contributed by atoms with Crippen LogP contribution in [0.15, 0.2) is 42.5 Å². The number of aldehydes is 1. The Morgan fingerprint density at radius 1 is 1.10 bits per heavy atom. The van der Waals surface area contributed by atoms with Gasteiger partial charge >= 0.3 is 0 Å². The molecule has 0 fully saturated rings. The Kier molecular flexibility index (Phi) is 3.61. The van der Waals surface area contributed by atoms with Crippen molar-refractivity contribution in [2.75, 3.05) is 6.79 Å². The first-order chi connectivity index (χ1) is 9.76. The molecule has 0 amide bonds. The van der Waals surface area contributed by atoms with Crippen LogP contribution in [0, 0.1) is 0 Å². The number of hydrogen-bond acceptors (Lipinski definition) is 3. The van der Waals surface area contributed by atoms with E-state index in [4.69, 9.17) is 21.1 Å². The summed E-state index contributed by atoms with van der Waals surface area (Å²) in [6, 6.07) is 13.1. The Bertz CT molecular complexity index is 622. The molecule has 1 aliphatic heterocycles. The Balaban J connectivity index is 1.81. The predicted octanol–water partition coefficient (Wildman–Crippen LogP) is 3.59. The summed E-state index contributed by atoms with van der Waals surface area (Å²) >= 11 is 5.86. The van der Waals surface area contributed by atoms with Gasteiger partial charge in [0.15, 0.2) is 11.5 Å². The lowest BCUT2D eigenvalue weighted by Crippen LogP contribution is -2.04. The van der Waals surface area contributed by atoms with Gasteiger partial charge in [0.25, 0.3) is 0 Å². The molecule has 3 rings (SSSR count). The largest absolute Gasteiger partial charge is 0.454 e. The molecule has 0 saturated carbocycles. The quantitative estimate of drug-likeness (QED) is 0.807. The maximum absolute atomic E-state index is 11.3. The number of ether oxygens (including phenoxy) is 2. The van der Waals surface area contributed by atoms with E-state index in [1.54, 1.807) is 12.1 Å². The van der Waals surface area contributed by atoms with Gasteiger partial charge in [-0.2, -0.15) is 0 Å². The summed E-state index contributed by atoms with van der Waals surface area (Å²) in [6.45, 7) is 0.257. The molecule has 0 saturated heterocycles. The number of halogens is 1. The monoisotopic (exact) mass is 288 g/mol. The van der Waals surface area contributed by atoms with Crippen molar-refractivity contribution in [3.63, 3.8) is 0 Å². The molecule has 3 nitrogen and oxygen atoms in total. The van der Waals surface area contributed by atoms with Gasteiger partial charge in [0.2, 0.25) is 6.79 Å². The smallest absolute Gasteiger partial charge is 0.231 e. The van der Waals surface area contributed by atoms with Crippen molar-refractivity contribution in [2.24, 2.45) is 0 Å². The highest BCUT2D eigenvalue weighted by Gasteiger charge is 2.16. The summed E-state index contributed by atoms with van der Waals surface area (Å²) in [5, 5.41) is 0.668. The van der Waals surface area contributed by atoms with Crippen molar-refractivity contribution >= 4 is 17.9 Å². The van der Waals surface area contributed by atoms with E-state index in [2.05, 4.69) is 0 Å². The zero-order valence-corrected chi connectivity index (χ0v) is 11.5.